The van der Waals surface area contributed by atoms with Crippen molar-refractivity contribution in [3.8, 4) is 0 Å². The molecule has 1 aromatic rings. The molecule has 94 valence electrons. The fourth-order valence-electron chi connectivity index (χ4n) is 2.54. The van der Waals surface area contributed by atoms with Crippen LogP contribution in [-0.2, 0) is 12.8 Å². The highest BCUT2D eigenvalue weighted by Gasteiger charge is 2.15. The molecule has 1 aliphatic rings. The third-order valence-corrected chi connectivity index (χ3v) is 3.57. The zero-order valence-electron chi connectivity index (χ0n) is 10.9. The van der Waals surface area contributed by atoms with Crippen LogP contribution in [0.3, 0.4) is 0 Å². The smallest absolute Gasteiger partial charge is 0.129 e. The van der Waals surface area contributed by atoms with Gasteiger partial charge in [-0.15, -0.1) is 0 Å². The number of hydrogen-bond donors (Lipinski definition) is 2. The monoisotopic (exact) mass is 233 g/mol. The molecule has 0 radical (unpaired) electrons. The van der Waals surface area contributed by atoms with Crippen molar-refractivity contribution in [3.05, 3.63) is 23.4 Å². The number of nitrogens with one attached hydrogen (secondary N) is 2. The van der Waals surface area contributed by atoms with Gasteiger partial charge >= 0.3 is 0 Å². The number of rotatable bonds is 4. The Bertz CT molecular complexity index is 356. The summed E-state index contributed by atoms with van der Waals surface area (Å²) in [6, 6.07) is 2.73. The van der Waals surface area contributed by atoms with Crippen molar-refractivity contribution >= 4 is 5.82 Å². The number of hydrogen-bond acceptors (Lipinski definition) is 3. The van der Waals surface area contributed by atoms with Crippen LogP contribution in [0.2, 0.25) is 0 Å². The van der Waals surface area contributed by atoms with Crippen molar-refractivity contribution in [2.24, 2.45) is 0 Å². The standard InChI is InChI=1S/C14H23N3/c1-3-11-5-10-16-14(13(11)4-2)17-12-6-8-15-9-7-12/h5,10,12,15H,3-4,6-9H2,1-2H3,(H,16,17). The highest BCUT2D eigenvalue weighted by atomic mass is 15.0. The van der Waals surface area contributed by atoms with Gasteiger partial charge in [0.2, 0.25) is 0 Å². The molecule has 3 heteroatoms. The van der Waals surface area contributed by atoms with E-state index < -0.39 is 0 Å². The Balaban J connectivity index is 2.13. The van der Waals surface area contributed by atoms with E-state index in [1.807, 2.05) is 6.20 Å². The van der Waals surface area contributed by atoms with Crippen LogP contribution in [0.5, 0.6) is 0 Å². The fourth-order valence-corrected chi connectivity index (χ4v) is 2.54. The molecule has 1 saturated heterocycles. The van der Waals surface area contributed by atoms with E-state index in [9.17, 15) is 0 Å². The summed E-state index contributed by atoms with van der Waals surface area (Å²) in [5.41, 5.74) is 2.83. The van der Waals surface area contributed by atoms with Crippen LogP contribution in [0.15, 0.2) is 12.3 Å². The van der Waals surface area contributed by atoms with E-state index in [0.29, 0.717) is 6.04 Å². The van der Waals surface area contributed by atoms with Crippen LogP contribution in [0, 0.1) is 0 Å². The molecule has 0 saturated carbocycles. The minimum Gasteiger partial charge on any atom is -0.367 e. The maximum absolute atomic E-state index is 4.52. The summed E-state index contributed by atoms with van der Waals surface area (Å²) in [7, 11) is 0. The molecule has 0 atom stereocenters. The molecule has 2 rings (SSSR count). The van der Waals surface area contributed by atoms with Gasteiger partial charge in [-0.3, -0.25) is 0 Å². The van der Waals surface area contributed by atoms with Crippen LogP contribution in [0.25, 0.3) is 0 Å². The van der Waals surface area contributed by atoms with Crippen molar-refractivity contribution in [1.29, 1.82) is 0 Å². The maximum atomic E-state index is 4.52. The van der Waals surface area contributed by atoms with Crippen molar-refractivity contribution in [3.63, 3.8) is 0 Å². The molecule has 2 N–H and O–H groups in total. The van der Waals surface area contributed by atoms with Gasteiger partial charge in [-0.1, -0.05) is 13.8 Å². The Kier molecular flexibility index (Phi) is 4.37. The molecule has 0 spiro atoms. The number of nitrogens with zero attached hydrogens (tertiary/aromatic N) is 1. The van der Waals surface area contributed by atoms with Gasteiger partial charge in [-0.2, -0.15) is 0 Å². The number of aromatic nitrogens is 1. The molecule has 0 aromatic carbocycles. The third-order valence-electron chi connectivity index (χ3n) is 3.57. The average molecular weight is 233 g/mol. The van der Waals surface area contributed by atoms with Gasteiger partial charge in [0.25, 0.3) is 0 Å². The molecule has 0 unspecified atom stereocenters. The van der Waals surface area contributed by atoms with Gasteiger partial charge in [0.1, 0.15) is 5.82 Å². The lowest BCUT2D eigenvalue weighted by atomic mass is 10.0. The average Bonchev–Trinajstić information content (AvgIpc) is 2.39. The Morgan fingerprint density at radius 3 is 2.71 bits per heavy atom. The number of pyridine rings is 1. The summed E-state index contributed by atoms with van der Waals surface area (Å²) in [6.07, 6.45) is 6.47. The predicted octanol–water partition coefficient (Wildman–Crippen LogP) is 2.37. The Labute approximate surface area is 104 Å². The molecule has 0 bridgehead atoms. The first-order chi connectivity index (χ1) is 8.35. The normalized spacial score (nSPS) is 17.1. The number of anilines is 1. The van der Waals surface area contributed by atoms with Gasteiger partial charge < -0.3 is 10.6 Å². The molecular weight excluding hydrogens is 210 g/mol. The second-order valence-electron chi connectivity index (χ2n) is 4.67. The van der Waals surface area contributed by atoms with Crippen LogP contribution in [-0.4, -0.2) is 24.1 Å². The second kappa shape index (κ2) is 6.01. The number of piperidine rings is 1. The van der Waals surface area contributed by atoms with Gasteiger partial charge in [0, 0.05) is 12.2 Å². The topological polar surface area (TPSA) is 37.0 Å². The van der Waals surface area contributed by atoms with Gasteiger partial charge in [0.05, 0.1) is 0 Å². The summed E-state index contributed by atoms with van der Waals surface area (Å²) in [4.78, 5) is 4.52. The fraction of sp³-hybridized carbons (Fsp3) is 0.643. The quantitative estimate of drug-likeness (QED) is 0.838. The lowest BCUT2D eigenvalue weighted by molar-refractivity contribution is 0.478. The highest BCUT2D eigenvalue weighted by molar-refractivity contribution is 5.49. The van der Waals surface area contributed by atoms with E-state index in [2.05, 4.69) is 35.5 Å². The largest absolute Gasteiger partial charge is 0.367 e. The molecule has 17 heavy (non-hydrogen) atoms. The van der Waals surface area contributed by atoms with Crippen LogP contribution < -0.4 is 10.6 Å². The van der Waals surface area contributed by atoms with E-state index in [1.165, 1.54) is 24.0 Å². The highest BCUT2D eigenvalue weighted by Crippen LogP contribution is 2.21. The van der Waals surface area contributed by atoms with E-state index in [4.69, 9.17) is 0 Å². The molecule has 1 fully saturated rings. The third kappa shape index (κ3) is 2.97. The summed E-state index contributed by atoms with van der Waals surface area (Å²) in [5.74, 6) is 1.11. The maximum Gasteiger partial charge on any atom is 0.129 e. The minimum absolute atomic E-state index is 0.584. The first-order valence-electron chi connectivity index (χ1n) is 6.79. The van der Waals surface area contributed by atoms with E-state index in [0.717, 1.165) is 31.7 Å². The summed E-state index contributed by atoms with van der Waals surface area (Å²) in [6.45, 7) is 6.66. The SMILES string of the molecule is CCc1ccnc(NC2CCNCC2)c1CC. The first-order valence-corrected chi connectivity index (χ1v) is 6.79. The molecule has 2 heterocycles. The van der Waals surface area contributed by atoms with Crippen molar-refractivity contribution in [2.45, 2.75) is 45.6 Å². The summed E-state index contributed by atoms with van der Waals surface area (Å²) >= 11 is 0. The van der Waals surface area contributed by atoms with Crippen LogP contribution in [0.4, 0.5) is 5.82 Å². The van der Waals surface area contributed by atoms with Gasteiger partial charge in [-0.05, 0) is 56.0 Å². The van der Waals surface area contributed by atoms with Crippen LogP contribution in [0.1, 0.15) is 37.8 Å². The number of aryl methyl sites for hydroxylation is 1. The van der Waals surface area contributed by atoms with Crippen molar-refractivity contribution in [2.75, 3.05) is 18.4 Å². The first kappa shape index (κ1) is 12.4. The summed E-state index contributed by atoms with van der Waals surface area (Å²) < 4.78 is 0. The molecule has 3 nitrogen and oxygen atoms in total. The van der Waals surface area contributed by atoms with E-state index in [-0.39, 0.29) is 0 Å². The Hall–Kier alpha value is -1.09. The van der Waals surface area contributed by atoms with Crippen molar-refractivity contribution in [1.82, 2.24) is 10.3 Å². The zero-order chi connectivity index (χ0) is 12.1. The molecular formula is C14H23N3. The molecule has 0 amide bonds. The van der Waals surface area contributed by atoms with E-state index in [1.54, 1.807) is 0 Å². The Morgan fingerprint density at radius 1 is 1.29 bits per heavy atom. The minimum atomic E-state index is 0.584. The van der Waals surface area contributed by atoms with Gasteiger partial charge in [-0.25, -0.2) is 4.98 Å². The van der Waals surface area contributed by atoms with Gasteiger partial charge in [0.15, 0.2) is 0 Å². The zero-order valence-corrected chi connectivity index (χ0v) is 10.9. The molecule has 0 aliphatic carbocycles. The second-order valence-corrected chi connectivity index (χ2v) is 4.67. The molecule has 1 aromatic heterocycles. The van der Waals surface area contributed by atoms with E-state index >= 15 is 0 Å². The lowest BCUT2D eigenvalue weighted by Crippen LogP contribution is -2.35. The Morgan fingerprint density at radius 2 is 2.06 bits per heavy atom. The summed E-state index contributed by atoms with van der Waals surface area (Å²) in [5, 5.41) is 7.02. The molecule has 1 aliphatic heterocycles. The van der Waals surface area contributed by atoms with Crippen LogP contribution >= 0.6 is 0 Å². The van der Waals surface area contributed by atoms with Crippen molar-refractivity contribution < 1.29 is 0 Å². The predicted molar refractivity (Wildman–Crippen MR) is 72.5 cm³/mol. The lowest BCUT2D eigenvalue weighted by Gasteiger charge is -2.25.